The van der Waals surface area contributed by atoms with Crippen LogP contribution < -0.4 is 10.1 Å². The van der Waals surface area contributed by atoms with Gasteiger partial charge >= 0.3 is 0 Å². The maximum Gasteiger partial charge on any atom is 0.261 e. The molecule has 3 aromatic carbocycles. The van der Waals surface area contributed by atoms with E-state index in [1.807, 2.05) is 81.4 Å². The Labute approximate surface area is 204 Å². The fourth-order valence-electron chi connectivity index (χ4n) is 3.80. The molecule has 0 spiro atoms. The standard InChI is InChI=1S/C27H31BrN2O3/c1-4-16-29-27(32)23(5-2)30(17-21-12-7-6-10-19(21)3)25(31)18-33-24-15-14-20-11-8-9-13-22(20)26(24)28/h6-15,23H,4-5,16-18H2,1-3H3,(H,29,32)/t23-/m0/s1. The molecule has 0 fully saturated rings. The molecule has 0 saturated carbocycles. The molecule has 0 radical (unpaired) electrons. The van der Waals surface area contributed by atoms with Gasteiger partial charge < -0.3 is 15.0 Å². The zero-order valence-electron chi connectivity index (χ0n) is 19.4. The van der Waals surface area contributed by atoms with Crippen LogP contribution in [0.2, 0.25) is 0 Å². The summed E-state index contributed by atoms with van der Waals surface area (Å²) in [5, 5.41) is 5.05. The van der Waals surface area contributed by atoms with Crippen molar-refractivity contribution in [2.24, 2.45) is 0 Å². The second-order valence-corrected chi connectivity index (χ2v) is 8.84. The van der Waals surface area contributed by atoms with E-state index in [4.69, 9.17) is 4.74 Å². The van der Waals surface area contributed by atoms with E-state index >= 15 is 0 Å². The second-order valence-electron chi connectivity index (χ2n) is 8.05. The van der Waals surface area contributed by atoms with Gasteiger partial charge in [0.15, 0.2) is 6.61 Å². The van der Waals surface area contributed by atoms with E-state index in [1.165, 1.54) is 0 Å². The number of halogens is 1. The van der Waals surface area contributed by atoms with Crippen LogP contribution in [0.1, 0.15) is 37.8 Å². The zero-order chi connectivity index (χ0) is 23.8. The largest absolute Gasteiger partial charge is 0.483 e. The molecule has 5 nitrogen and oxygen atoms in total. The summed E-state index contributed by atoms with van der Waals surface area (Å²) in [5.41, 5.74) is 2.09. The Morgan fingerprint density at radius 2 is 1.76 bits per heavy atom. The molecule has 1 atom stereocenters. The van der Waals surface area contributed by atoms with E-state index in [0.29, 0.717) is 25.3 Å². The van der Waals surface area contributed by atoms with Crippen LogP contribution in [-0.4, -0.2) is 35.9 Å². The highest BCUT2D eigenvalue weighted by Gasteiger charge is 2.29. The van der Waals surface area contributed by atoms with E-state index in [1.54, 1.807) is 4.90 Å². The van der Waals surface area contributed by atoms with Crippen molar-refractivity contribution in [2.45, 2.75) is 46.2 Å². The number of nitrogens with zero attached hydrogens (tertiary/aromatic N) is 1. The van der Waals surface area contributed by atoms with Crippen LogP contribution in [0.4, 0.5) is 0 Å². The highest BCUT2D eigenvalue weighted by molar-refractivity contribution is 9.10. The molecule has 0 aliphatic heterocycles. The topological polar surface area (TPSA) is 58.6 Å². The molecular weight excluding hydrogens is 480 g/mol. The van der Waals surface area contributed by atoms with Crippen molar-refractivity contribution in [3.05, 3.63) is 76.3 Å². The lowest BCUT2D eigenvalue weighted by atomic mass is 10.1. The van der Waals surface area contributed by atoms with E-state index in [-0.39, 0.29) is 18.4 Å². The predicted molar refractivity (Wildman–Crippen MR) is 136 cm³/mol. The minimum absolute atomic E-state index is 0.131. The van der Waals surface area contributed by atoms with Gasteiger partial charge in [0.25, 0.3) is 5.91 Å². The SMILES string of the molecule is CCCNC(=O)[C@H](CC)N(Cc1ccccc1C)C(=O)COc1ccc2ccccc2c1Br. The molecule has 0 saturated heterocycles. The van der Waals surface area contributed by atoms with Gasteiger partial charge in [-0.25, -0.2) is 0 Å². The normalized spacial score (nSPS) is 11.8. The first-order chi connectivity index (χ1) is 16.0. The number of amides is 2. The van der Waals surface area contributed by atoms with Crippen molar-refractivity contribution in [3.8, 4) is 5.75 Å². The smallest absolute Gasteiger partial charge is 0.261 e. The number of aryl methyl sites for hydroxylation is 1. The number of carbonyl (C=O) groups is 2. The molecule has 6 heteroatoms. The molecular formula is C27H31BrN2O3. The summed E-state index contributed by atoms with van der Waals surface area (Å²) >= 11 is 3.61. The van der Waals surface area contributed by atoms with E-state index in [2.05, 4.69) is 21.2 Å². The molecule has 33 heavy (non-hydrogen) atoms. The number of hydrogen-bond donors (Lipinski definition) is 1. The van der Waals surface area contributed by atoms with Gasteiger partial charge in [-0.3, -0.25) is 9.59 Å². The Morgan fingerprint density at radius 1 is 1.03 bits per heavy atom. The third-order valence-electron chi connectivity index (χ3n) is 5.72. The Balaban J connectivity index is 1.83. The number of carbonyl (C=O) groups excluding carboxylic acids is 2. The number of hydrogen-bond acceptors (Lipinski definition) is 3. The van der Waals surface area contributed by atoms with Crippen molar-refractivity contribution in [1.29, 1.82) is 0 Å². The Hall–Kier alpha value is -2.86. The summed E-state index contributed by atoms with van der Waals surface area (Å²) in [5.74, 6) is 0.242. The predicted octanol–water partition coefficient (Wildman–Crippen LogP) is 5.62. The maximum atomic E-state index is 13.4. The van der Waals surface area contributed by atoms with Gasteiger partial charge in [-0.2, -0.15) is 0 Å². The fraction of sp³-hybridized carbons (Fsp3) is 0.333. The number of nitrogens with one attached hydrogen (secondary N) is 1. The van der Waals surface area contributed by atoms with Gasteiger partial charge in [-0.1, -0.05) is 68.4 Å². The Bertz CT molecular complexity index is 1120. The van der Waals surface area contributed by atoms with Gasteiger partial charge in [-0.15, -0.1) is 0 Å². The molecule has 0 unspecified atom stereocenters. The maximum absolute atomic E-state index is 13.4. The third kappa shape index (κ3) is 6.14. The van der Waals surface area contributed by atoms with Crippen molar-refractivity contribution in [1.82, 2.24) is 10.2 Å². The van der Waals surface area contributed by atoms with Crippen LogP contribution in [0.25, 0.3) is 10.8 Å². The Morgan fingerprint density at radius 3 is 2.48 bits per heavy atom. The summed E-state index contributed by atoms with van der Waals surface area (Å²) in [6, 6.07) is 19.2. The molecule has 0 aliphatic carbocycles. The minimum Gasteiger partial charge on any atom is -0.483 e. The average molecular weight is 511 g/mol. The van der Waals surface area contributed by atoms with Gasteiger partial charge in [-0.05, 0) is 63.7 Å². The summed E-state index contributed by atoms with van der Waals surface area (Å²) in [6.07, 6.45) is 1.36. The monoisotopic (exact) mass is 510 g/mol. The van der Waals surface area contributed by atoms with Gasteiger partial charge in [0.05, 0.1) is 4.47 Å². The lowest BCUT2D eigenvalue weighted by molar-refractivity contribution is -0.143. The molecule has 3 aromatic rings. The van der Waals surface area contributed by atoms with Crippen LogP contribution in [0.5, 0.6) is 5.75 Å². The number of rotatable bonds is 10. The first-order valence-electron chi connectivity index (χ1n) is 11.4. The molecule has 1 N–H and O–H groups in total. The lowest BCUT2D eigenvalue weighted by Crippen LogP contribution is -2.50. The van der Waals surface area contributed by atoms with Gasteiger partial charge in [0, 0.05) is 13.1 Å². The molecule has 0 bridgehead atoms. The van der Waals surface area contributed by atoms with Crippen LogP contribution in [0, 0.1) is 6.92 Å². The van der Waals surface area contributed by atoms with E-state index in [0.717, 1.165) is 32.8 Å². The van der Waals surface area contributed by atoms with Crippen LogP contribution in [0.15, 0.2) is 65.1 Å². The number of benzene rings is 3. The molecule has 0 aromatic heterocycles. The van der Waals surface area contributed by atoms with E-state index < -0.39 is 6.04 Å². The average Bonchev–Trinajstić information content (AvgIpc) is 2.83. The van der Waals surface area contributed by atoms with Crippen molar-refractivity contribution >= 4 is 38.5 Å². The summed E-state index contributed by atoms with van der Waals surface area (Å²) < 4.78 is 6.75. The van der Waals surface area contributed by atoms with Crippen LogP contribution in [-0.2, 0) is 16.1 Å². The second kappa shape index (κ2) is 11.8. The highest BCUT2D eigenvalue weighted by Crippen LogP contribution is 2.33. The molecule has 0 heterocycles. The number of fused-ring (bicyclic) bond motifs is 1. The fourth-order valence-corrected chi connectivity index (χ4v) is 4.41. The Kier molecular flexibility index (Phi) is 8.89. The summed E-state index contributed by atoms with van der Waals surface area (Å²) in [4.78, 5) is 27.9. The molecule has 0 aliphatic rings. The lowest BCUT2D eigenvalue weighted by Gasteiger charge is -2.31. The highest BCUT2D eigenvalue weighted by atomic mass is 79.9. The minimum atomic E-state index is -0.563. The molecule has 2 amide bonds. The van der Waals surface area contributed by atoms with Crippen molar-refractivity contribution in [3.63, 3.8) is 0 Å². The first kappa shape index (κ1) is 24.8. The quantitative estimate of drug-likeness (QED) is 0.384. The van der Waals surface area contributed by atoms with Gasteiger partial charge in [0.1, 0.15) is 11.8 Å². The molecule has 3 rings (SSSR count). The van der Waals surface area contributed by atoms with Crippen LogP contribution in [0.3, 0.4) is 0 Å². The summed E-state index contributed by atoms with van der Waals surface area (Å²) in [7, 11) is 0. The van der Waals surface area contributed by atoms with Crippen LogP contribution >= 0.6 is 15.9 Å². The summed E-state index contributed by atoms with van der Waals surface area (Å²) in [6.45, 7) is 6.73. The number of ether oxygens (including phenoxy) is 1. The third-order valence-corrected chi connectivity index (χ3v) is 6.53. The molecule has 174 valence electrons. The van der Waals surface area contributed by atoms with Crippen molar-refractivity contribution in [2.75, 3.05) is 13.2 Å². The first-order valence-corrected chi connectivity index (χ1v) is 12.2. The zero-order valence-corrected chi connectivity index (χ0v) is 21.0. The van der Waals surface area contributed by atoms with Crippen molar-refractivity contribution < 1.29 is 14.3 Å². The van der Waals surface area contributed by atoms with E-state index in [9.17, 15) is 9.59 Å². The van der Waals surface area contributed by atoms with Gasteiger partial charge in [0.2, 0.25) is 5.91 Å².